The van der Waals surface area contributed by atoms with Crippen molar-refractivity contribution in [2.24, 2.45) is 0 Å². The smallest absolute Gasteiger partial charge is 0.337 e. The Balaban J connectivity index is 2.03. The monoisotopic (exact) mass is 360 g/mol. The number of anilines is 1. The van der Waals surface area contributed by atoms with Crippen molar-refractivity contribution in [2.75, 3.05) is 5.48 Å². The second-order valence-electron chi connectivity index (χ2n) is 5.89. The van der Waals surface area contributed by atoms with Crippen LogP contribution in [0.1, 0.15) is 5.56 Å². The number of nitrogens with zero attached hydrogens (tertiary/aromatic N) is 4. The lowest BCUT2D eigenvalue weighted by molar-refractivity contribution is 0.682. The van der Waals surface area contributed by atoms with E-state index in [9.17, 15) is 14.8 Å². The zero-order valence-corrected chi connectivity index (χ0v) is 14.1. The van der Waals surface area contributed by atoms with Crippen LogP contribution in [0.2, 0.25) is 0 Å². The molecule has 0 unspecified atom stereocenters. The summed E-state index contributed by atoms with van der Waals surface area (Å²) >= 11 is 0. The van der Waals surface area contributed by atoms with Gasteiger partial charge in [-0.2, -0.15) is 0 Å². The molecule has 0 fully saturated rings. The highest BCUT2D eigenvalue weighted by molar-refractivity contribution is 5.75. The molecule has 0 aliphatic carbocycles. The second kappa shape index (κ2) is 6.85. The molecule has 134 valence electrons. The van der Waals surface area contributed by atoms with Crippen molar-refractivity contribution in [3.05, 3.63) is 98.7 Å². The molecule has 1 N–H and O–H groups in total. The molecule has 0 atom stereocenters. The predicted octanol–water partition coefficient (Wildman–Crippen LogP) is 1.90. The van der Waals surface area contributed by atoms with Crippen LogP contribution in [-0.4, -0.2) is 19.1 Å². The first-order valence-corrected chi connectivity index (χ1v) is 8.17. The quantitative estimate of drug-likeness (QED) is 0.557. The van der Waals surface area contributed by atoms with Crippen LogP contribution in [0.25, 0.3) is 16.7 Å². The third kappa shape index (κ3) is 2.98. The van der Waals surface area contributed by atoms with E-state index in [1.165, 1.54) is 16.8 Å². The van der Waals surface area contributed by atoms with Crippen LogP contribution < -0.4 is 16.7 Å². The van der Waals surface area contributed by atoms with Gasteiger partial charge in [0, 0.05) is 24.3 Å². The van der Waals surface area contributed by atoms with E-state index in [1.54, 1.807) is 54.9 Å². The Kier molecular flexibility index (Phi) is 4.23. The van der Waals surface area contributed by atoms with Crippen LogP contribution >= 0.6 is 0 Å². The summed E-state index contributed by atoms with van der Waals surface area (Å²) in [6.45, 7) is 0.102. The Labute approximate surface area is 153 Å². The maximum Gasteiger partial charge on any atom is 0.337 e. The first kappa shape index (κ1) is 16.7. The zero-order valence-electron chi connectivity index (χ0n) is 14.1. The highest BCUT2D eigenvalue weighted by Crippen LogP contribution is 2.16. The van der Waals surface area contributed by atoms with Crippen LogP contribution in [0.15, 0.2) is 76.7 Å². The zero-order chi connectivity index (χ0) is 18.8. The average molecular weight is 360 g/mol. The molecule has 0 saturated carbocycles. The second-order valence-corrected chi connectivity index (χ2v) is 5.89. The van der Waals surface area contributed by atoms with Crippen molar-refractivity contribution < 1.29 is 0 Å². The molecule has 0 spiro atoms. The molecule has 8 nitrogen and oxygen atoms in total. The minimum absolute atomic E-state index is 0.102. The van der Waals surface area contributed by atoms with Gasteiger partial charge in [0.2, 0.25) is 0 Å². The van der Waals surface area contributed by atoms with Crippen molar-refractivity contribution in [3.8, 4) is 5.69 Å². The fourth-order valence-corrected chi connectivity index (χ4v) is 2.94. The number of nitrogens with one attached hydrogen (secondary N) is 1. The van der Waals surface area contributed by atoms with E-state index >= 15 is 0 Å². The van der Waals surface area contributed by atoms with Gasteiger partial charge in [0.15, 0.2) is 5.65 Å². The fourth-order valence-electron chi connectivity index (χ4n) is 2.94. The van der Waals surface area contributed by atoms with Crippen LogP contribution in [0, 0.1) is 5.21 Å². The Morgan fingerprint density at radius 1 is 1.00 bits per heavy atom. The molecule has 4 aromatic rings. The Hall–Kier alpha value is -3.78. The number of aromatic nitrogens is 4. The molecule has 0 bridgehead atoms. The number of pyridine rings is 2. The van der Waals surface area contributed by atoms with Gasteiger partial charge in [0.05, 0.1) is 17.6 Å². The standard InChI is InChI=1S/C19H14N5O3/c25-18-16-5-2-8-21-17(16)24(15-4-1-3-14(11-15)22-27)19(26)23(18)12-13-6-9-20-10-7-13/h1-11,22H,12H2/q-1. The molecule has 0 aliphatic heterocycles. The summed E-state index contributed by atoms with van der Waals surface area (Å²) in [4.78, 5) is 34.2. The maximum atomic E-state index is 13.2. The summed E-state index contributed by atoms with van der Waals surface area (Å²) in [6, 6.07) is 13.2. The number of fused-ring (bicyclic) bond motifs is 1. The summed E-state index contributed by atoms with van der Waals surface area (Å²) < 4.78 is 2.48. The van der Waals surface area contributed by atoms with Gasteiger partial charge in [-0.25, -0.2) is 14.3 Å². The van der Waals surface area contributed by atoms with Crippen molar-refractivity contribution in [2.45, 2.75) is 6.54 Å². The third-order valence-electron chi connectivity index (χ3n) is 4.21. The minimum atomic E-state index is -0.536. The summed E-state index contributed by atoms with van der Waals surface area (Å²) in [5, 5.41) is 11.3. The predicted molar refractivity (Wildman–Crippen MR) is 102 cm³/mol. The van der Waals surface area contributed by atoms with E-state index in [2.05, 4.69) is 9.97 Å². The number of hydrogen-bond acceptors (Lipinski definition) is 6. The van der Waals surface area contributed by atoms with E-state index in [4.69, 9.17) is 0 Å². The van der Waals surface area contributed by atoms with Crippen molar-refractivity contribution >= 4 is 16.7 Å². The van der Waals surface area contributed by atoms with Crippen LogP contribution in [0.4, 0.5) is 5.69 Å². The van der Waals surface area contributed by atoms with Gasteiger partial charge in [-0.15, -0.1) is 0 Å². The van der Waals surface area contributed by atoms with Crippen LogP contribution in [0.3, 0.4) is 0 Å². The maximum absolute atomic E-state index is 13.2. The molecule has 3 heterocycles. The Morgan fingerprint density at radius 2 is 1.81 bits per heavy atom. The largest absolute Gasteiger partial charge is 0.761 e. The molecule has 4 rings (SSSR count). The van der Waals surface area contributed by atoms with Gasteiger partial charge in [-0.3, -0.25) is 14.3 Å². The molecule has 3 aromatic heterocycles. The SMILES string of the molecule is O=c1c2cccnc2n(-c2cccc(N[O-])c2)c(=O)n1Cc1ccncc1. The van der Waals surface area contributed by atoms with Gasteiger partial charge < -0.3 is 10.7 Å². The van der Waals surface area contributed by atoms with Gasteiger partial charge in [0.25, 0.3) is 5.56 Å². The summed E-state index contributed by atoms with van der Waals surface area (Å²) in [5.74, 6) is 0. The molecular weight excluding hydrogens is 346 g/mol. The topological polar surface area (TPSA) is 105 Å². The van der Waals surface area contributed by atoms with Gasteiger partial charge >= 0.3 is 5.69 Å². The summed E-state index contributed by atoms with van der Waals surface area (Å²) in [6.07, 6.45) is 4.72. The number of rotatable bonds is 4. The van der Waals surface area contributed by atoms with Gasteiger partial charge in [-0.1, -0.05) is 6.07 Å². The van der Waals surface area contributed by atoms with Gasteiger partial charge in [0.1, 0.15) is 0 Å². The molecule has 0 radical (unpaired) electrons. The lowest BCUT2D eigenvalue weighted by atomic mass is 10.2. The highest BCUT2D eigenvalue weighted by atomic mass is 16.5. The first-order chi connectivity index (χ1) is 13.2. The van der Waals surface area contributed by atoms with E-state index in [0.29, 0.717) is 16.8 Å². The molecule has 0 aliphatic rings. The molecule has 1 aromatic carbocycles. The molecule has 27 heavy (non-hydrogen) atoms. The highest BCUT2D eigenvalue weighted by Gasteiger charge is 2.15. The normalized spacial score (nSPS) is 10.9. The fraction of sp³-hybridized carbons (Fsp3) is 0.0526. The van der Waals surface area contributed by atoms with E-state index in [0.717, 1.165) is 10.1 Å². The summed E-state index contributed by atoms with van der Waals surface area (Å²) in [5.41, 5.74) is 2.60. The molecular formula is C19H14N5O3-. The number of hydrogen-bond donors (Lipinski definition) is 1. The molecule has 8 heteroatoms. The lowest BCUT2D eigenvalue weighted by Crippen LogP contribution is -2.40. The molecule has 0 saturated heterocycles. The first-order valence-electron chi connectivity index (χ1n) is 8.17. The molecule has 0 amide bonds. The van der Waals surface area contributed by atoms with Crippen molar-refractivity contribution in [1.82, 2.24) is 19.1 Å². The van der Waals surface area contributed by atoms with E-state index < -0.39 is 11.2 Å². The summed E-state index contributed by atoms with van der Waals surface area (Å²) in [7, 11) is 0. The lowest BCUT2D eigenvalue weighted by Gasteiger charge is -2.15. The minimum Gasteiger partial charge on any atom is -0.761 e. The Bertz CT molecular complexity index is 1230. The van der Waals surface area contributed by atoms with E-state index in [-0.39, 0.29) is 12.2 Å². The van der Waals surface area contributed by atoms with Crippen molar-refractivity contribution in [1.29, 1.82) is 0 Å². The Morgan fingerprint density at radius 3 is 2.59 bits per heavy atom. The van der Waals surface area contributed by atoms with Crippen LogP contribution in [-0.2, 0) is 6.54 Å². The third-order valence-corrected chi connectivity index (χ3v) is 4.21. The van der Waals surface area contributed by atoms with E-state index in [1.807, 2.05) is 5.48 Å². The van der Waals surface area contributed by atoms with Gasteiger partial charge in [-0.05, 0) is 48.0 Å². The van der Waals surface area contributed by atoms with Crippen molar-refractivity contribution in [3.63, 3.8) is 0 Å². The average Bonchev–Trinajstić information content (AvgIpc) is 2.72. The number of benzene rings is 1. The van der Waals surface area contributed by atoms with Crippen LogP contribution in [0.5, 0.6) is 0 Å².